The third-order valence-corrected chi connectivity index (χ3v) is 8.67. The lowest BCUT2D eigenvalue weighted by Gasteiger charge is -2.22. The third-order valence-electron chi connectivity index (χ3n) is 8.26. The van der Waals surface area contributed by atoms with E-state index < -0.39 is 18.5 Å². The molecule has 13 nitrogen and oxygen atoms in total. The van der Waals surface area contributed by atoms with Crippen LogP contribution in [0.3, 0.4) is 0 Å². The number of carbonyl (C=O) groups is 2. The van der Waals surface area contributed by atoms with Crippen molar-refractivity contribution in [3.63, 3.8) is 0 Å². The monoisotopic (exact) mass is 724 g/mol. The quantitative estimate of drug-likeness (QED) is 0.196. The second kappa shape index (κ2) is 15.6. The average Bonchev–Trinajstić information content (AvgIpc) is 3.77. The molecule has 0 saturated heterocycles. The zero-order chi connectivity index (χ0) is 35.2. The summed E-state index contributed by atoms with van der Waals surface area (Å²) in [6, 6.07) is 14.2. The zero-order valence-corrected chi connectivity index (χ0v) is 28.0. The van der Waals surface area contributed by atoms with Gasteiger partial charge in [-0.25, -0.2) is 14.3 Å². The van der Waals surface area contributed by atoms with Gasteiger partial charge in [-0.2, -0.15) is 13.9 Å². The molecule has 3 aromatic heterocycles. The van der Waals surface area contributed by atoms with Crippen molar-refractivity contribution in [2.45, 2.75) is 50.7 Å². The van der Waals surface area contributed by atoms with Crippen molar-refractivity contribution in [1.82, 2.24) is 45.0 Å². The Morgan fingerprint density at radius 3 is 2.68 bits per heavy atom. The summed E-state index contributed by atoms with van der Waals surface area (Å²) in [6.45, 7) is -2.33. The summed E-state index contributed by atoms with van der Waals surface area (Å²) in [5, 5.41) is 21.0. The average molecular weight is 726 g/mol. The highest BCUT2D eigenvalue weighted by Gasteiger charge is 2.23. The number of nitrogens with one attached hydrogen (secondary N) is 3. The minimum absolute atomic E-state index is 0.0828. The standard InChI is InChI=1S/C33H32Cl2F2N10O3/c34-21-8-9-28(47-18-29(35)42-44-47)23(16-21)26-17-30(48)45(19-40-26)27-7-2-1-3-12-38-31(49)24(41-22-6-4-5-20(27)15-22)10-13-39-32(50)25-11-14-46(43-25)33(36)37/h4-6,8-9,11,14-19,24,27,33,41H,1-3,7,10,12-13H2,(H,38,49)(H,39,50)/t24-,27+/m1/s1. The number of benzene rings is 2. The van der Waals surface area contributed by atoms with Crippen LogP contribution in [-0.2, 0) is 4.79 Å². The molecule has 5 aromatic rings. The fraction of sp³-hybridized carbons (Fsp3) is 0.303. The van der Waals surface area contributed by atoms with Crippen LogP contribution >= 0.6 is 23.2 Å². The SMILES string of the molecule is O=C(NCC[C@H]1Nc2cccc(c2)[C@@H](n2cnc(-c3cc(Cl)ccc3-n3cc(Cl)nn3)cc2=O)CCCCCNC1=O)c1ccn(C(F)F)n1. The number of hydrogen-bond donors (Lipinski definition) is 3. The molecule has 1 aliphatic heterocycles. The Balaban J connectivity index is 1.23. The molecule has 0 unspecified atom stereocenters. The van der Waals surface area contributed by atoms with Gasteiger partial charge in [0, 0.05) is 41.6 Å². The van der Waals surface area contributed by atoms with E-state index in [0.717, 1.165) is 31.0 Å². The molecule has 4 heterocycles. The fourth-order valence-electron chi connectivity index (χ4n) is 5.80. The Morgan fingerprint density at radius 1 is 1.06 bits per heavy atom. The topological polar surface area (TPSA) is 154 Å². The van der Waals surface area contributed by atoms with Crippen molar-refractivity contribution in [2.24, 2.45) is 0 Å². The first-order valence-corrected chi connectivity index (χ1v) is 16.6. The van der Waals surface area contributed by atoms with Crippen LogP contribution < -0.4 is 21.5 Å². The molecule has 0 spiro atoms. The number of carbonyl (C=O) groups excluding carboxylic acids is 2. The highest BCUT2D eigenvalue weighted by atomic mass is 35.5. The fourth-order valence-corrected chi connectivity index (χ4v) is 6.10. The number of halogens is 4. The second-order valence-corrected chi connectivity index (χ2v) is 12.5. The minimum Gasteiger partial charge on any atom is -0.374 e. The van der Waals surface area contributed by atoms with Crippen molar-refractivity contribution in [3.05, 3.63) is 105 Å². The predicted octanol–water partition coefficient (Wildman–Crippen LogP) is 5.27. The third kappa shape index (κ3) is 8.17. The largest absolute Gasteiger partial charge is 0.374 e. The van der Waals surface area contributed by atoms with Crippen LogP contribution in [0, 0.1) is 0 Å². The number of rotatable bonds is 8. The Hall–Kier alpha value is -5.15. The molecule has 50 heavy (non-hydrogen) atoms. The molecular formula is C33H32Cl2F2N10O3. The molecule has 3 N–H and O–H groups in total. The first kappa shape index (κ1) is 34.7. The van der Waals surface area contributed by atoms with Crippen LogP contribution in [0.15, 0.2) is 78.1 Å². The van der Waals surface area contributed by atoms with Gasteiger partial charge < -0.3 is 16.0 Å². The number of anilines is 1. The number of nitrogens with zero attached hydrogens (tertiary/aromatic N) is 7. The Kier molecular flexibility index (Phi) is 10.8. The second-order valence-electron chi connectivity index (χ2n) is 11.6. The van der Waals surface area contributed by atoms with Gasteiger partial charge in [0.05, 0.1) is 29.9 Å². The molecule has 260 valence electrons. The normalized spacial score (nSPS) is 16.9. The van der Waals surface area contributed by atoms with Gasteiger partial charge in [0.25, 0.3) is 11.5 Å². The van der Waals surface area contributed by atoms with Crippen molar-refractivity contribution in [2.75, 3.05) is 18.4 Å². The van der Waals surface area contributed by atoms with E-state index in [1.165, 1.54) is 23.1 Å². The molecule has 0 radical (unpaired) electrons. The van der Waals surface area contributed by atoms with E-state index in [-0.39, 0.29) is 41.3 Å². The number of hydrogen-bond acceptors (Lipinski definition) is 8. The predicted molar refractivity (Wildman–Crippen MR) is 183 cm³/mol. The summed E-state index contributed by atoms with van der Waals surface area (Å²) >= 11 is 12.3. The van der Waals surface area contributed by atoms with Crippen LogP contribution in [0.5, 0.6) is 0 Å². The van der Waals surface area contributed by atoms with Gasteiger partial charge in [0.15, 0.2) is 5.15 Å². The summed E-state index contributed by atoms with van der Waals surface area (Å²) in [5.41, 5.74) is 2.63. The van der Waals surface area contributed by atoms with Crippen molar-refractivity contribution < 1.29 is 18.4 Å². The lowest BCUT2D eigenvalue weighted by molar-refractivity contribution is -0.121. The number of fused-ring (bicyclic) bond motifs is 2. The Bertz CT molecular complexity index is 2050. The molecule has 2 bridgehead atoms. The first-order valence-electron chi connectivity index (χ1n) is 15.9. The van der Waals surface area contributed by atoms with Gasteiger partial charge in [0.2, 0.25) is 5.91 Å². The molecule has 0 fully saturated rings. The molecule has 0 aliphatic carbocycles. The number of amides is 2. The van der Waals surface area contributed by atoms with Gasteiger partial charge >= 0.3 is 6.55 Å². The molecular weight excluding hydrogens is 693 g/mol. The van der Waals surface area contributed by atoms with E-state index in [4.69, 9.17) is 23.2 Å². The van der Waals surface area contributed by atoms with E-state index >= 15 is 0 Å². The zero-order valence-electron chi connectivity index (χ0n) is 26.5. The lowest BCUT2D eigenvalue weighted by atomic mass is 9.99. The molecule has 1 aliphatic rings. The number of alkyl halides is 2. The highest BCUT2D eigenvalue weighted by molar-refractivity contribution is 6.31. The van der Waals surface area contributed by atoms with Crippen LogP contribution in [0.1, 0.15) is 60.7 Å². The van der Waals surface area contributed by atoms with Gasteiger partial charge in [-0.05, 0) is 61.2 Å². The van der Waals surface area contributed by atoms with E-state index in [1.54, 1.807) is 29.0 Å². The Morgan fingerprint density at radius 2 is 1.92 bits per heavy atom. The van der Waals surface area contributed by atoms with Crippen molar-refractivity contribution in [3.8, 4) is 16.9 Å². The smallest absolute Gasteiger partial charge is 0.333 e. The summed E-state index contributed by atoms with van der Waals surface area (Å²) in [5.74, 6) is -0.870. The van der Waals surface area contributed by atoms with Crippen LogP contribution in [0.4, 0.5) is 14.5 Å². The van der Waals surface area contributed by atoms with Crippen molar-refractivity contribution >= 4 is 40.7 Å². The minimum atomic E-state index is -2.86. The number of aromatic nitrogens is 7. The van der Waals surface area contributed by atoms with Crippen LogP contribution in [-0.4, -0.2) is 65.3 Å². The Labute approximate surface area is 294 Å². The summed E-state index contributed by atoms with van der Waals surface area (Å²) in [6.07, 6.45) is 7.27. The maximum Gasteiger partial charge on any atom is 0.333 e. The van der Waals surface area contributed by atoms with Crippen LogP contribution in [0.25, 0.3) is 16.9 Å². The molecule has 2 aromatic carbocycles. The summed E-state index contributed by atoms with van der Waals surface area (Å²) in [7, 11) is 0. The van der Waals surface area contributed by atoms with E-state index in [0.29, 0.717) is 45.3 Å². The van der Waals surface area contributed by atoms with Gasteiger partial charge in [-0.1, -0.05) is 53.4 Å². The molecule has 2 atom stereocenters. The lowest BCUT2D eigenvalue weighted by Crippen LogP contribution is -2.42. The first-order chi connectivity index (χ1) is 24.2. The van der Waals surface area contributed by atoms with Gasteiger partial charge in [0.1, 0.15) is 11.7 Å². The van der Waals surface area contributed by atoms with E-state index in [2.05, 4.69) is 36.3 Å². The van der Waals surface area contributed by atoms with E-state index in [1.807, 2.05) is 24.3 Å². The van der Waals surface area contributed by atoms with Gasteiger partial charge in [-0.3, -0.25) is 19.0 Å². The summed E-state index contributed by atoms with van der Waals surface area (Å²) in [4.78, 5) is 44.1. The van der Waals surface area contributed by atoms with E-state index in [9.17, 15) is 23.2 Å². The molecule has 17 heteroatoms. The maximum absolute atomic E-state index is 13.8. The van der Waals surface area contributed by atoms with Crippen LogP contribution in [0.2, 0.25) is 10.2 Å². The molecule has 6 rings (SSSR count). The van der Waals surface area contributed by atoms with Gasteiger partial charge in [-0.15, -0.1) is 5.10 Å². The highest BCUT2D eigenvalue weighted by Crippen LogP contribution is 2.30. The maximum atomic E-state index is 13.8. The van der Waals surface area contributed by atoms with Crippen molar-refractivity contribution in [1.29, 1.82) is 0 Å². The summed E-state index contributed by atoms with van der Waals surface area (Å²) < 4.78 is 29.2. The molecule has 2 amide bonds. The molecule has 0 saturated carbocycles.